The van der Waals surface area contributed by atoms with Crippen molar-refractivity contribution in [2.24, 2.45) is 11.3 Å². The molecule has 96 valence electrons. The van der Waals surface area contributed by atoms with Crippen molar-refractivity contribution in [1.29, 1.82) is 0 Å². The van der Waals surface area contributed by atoms with E-state index in [2.05, 4.69) is 48.5 Å². The van der Waals surface area contributed by atoms with Crippen molar-refractivity contribution >= 4 is 0 Å². The molecule has 0 aliphatic heterocycles. The molecule has 0 aromatic heterocycles. The van der Waals surface area contributed by atoms with Gasteiger partial charge in [-0.25, -0.2) is 0 Å². The Bertz CT molecular complexity index is 84.7. The maximum absolute atomic E-state index is 2.31. The van der Waals surface area contributed by atoms with E-state index in [0.717, 1.165) is 5.92 Å². The lowest BCUT2D eigenvalue weighted by molar-refractivity contribution is 0.347. The fraction of sp³-hybridized carbons (Fsp3) is 1.00. The van der Waals surface area contributed by atoms with Crippen LogP contribution >= 0.6 is 0 Å². The first-order valence-corrected chi connectivity index (χ1v) is 6.83. The maximum atomic E-state index is 2.31. The molecule has 0 radical (unpaired) electrons. The molecular formula is C15H36. The lowest BCUT2D eigenvalue weighted by Gasteiger charge is -2.18. The summed E-state index contributed by atoms with van der Waals surface area (Å²) in [5.41, 5.74) is 0.537. The Morgan fingerprint density at radius 2 is 1.27 bits per heavy atom. The van der Waals surface area contributed by atoms with Crippen LogP contribution in [0.15, 0.2) is 0 Å². The summed E-state index contributed by atoms with van der Waals surface area (Å²) < 4.78 is 0. The van der Waals surface area contributed by atoms with Gasteiger partial charge in [0.15, 0.2) is 0 Å². The summed E-state index contributed by atoms with van der Waals surface area (Å²) in [6.45, 7) is 19.8. The highest BCUT2D eigenvalue weighted by atomic mass is 14.1. The van der Waals surface area contributed by atoms with Gasteiger partial charge in [0.2, 0.25) is 0 Å². The first-order valence-electron chi connectivity index (χ1n) is 6.83. The highest BCUT2D eigenvalue weighted by molar-refractivity contribution is 4.61. The molecule has 15 heavy (non-hydrogen) atoms. The standard InChI is InChI=1S/C10H22.C3H8.C2H6/c1-9(2)7-6-8-10(3,4)5;1-3-2;1-2/h9H,6-8H2,1-5H3;3H2,1-2H3;1-2H3. The quantitative estimate of drug-likeness (QED) is 0.519. The van der Waals surface area contributed by atoms with E-state index >= 15 is 0 Å². The van der Waals surface area contributed by atoms with Crippen LogP contribution in [0.4, 0.5) is 0 Å². The Morgan fingerprint density at radius 1 is 0.933 bits per heavy atom. The Balaban J connectivity index is -0.000000245. The largest absolute Gasteiger partial charge is 0.0683 e. The predicted molar refractivity (Wildman–Crippen MR) is 75.5 cm³/mol. The van der Waals surface area contributed by atoms with Gasteiger partial charge in [-0.15, -0.1) is 0 Å². The van der Waals surface area contributed by atoms with Gasteiger partial charge in [0.25, 0.3) is 0 Å². The number of rotatable bonds is 3. The highest BCUT2D eigenvalue weighted by Gasteiger charge is 2.09. The second kappa shape index (κ2) is 14.0. The molecular weight excluding hydrogens is 180 g/mol. The summed E-state index contributed by atoms with van der Waals surface area (Å²) in [5, 5.41) is 0. The molecule has 0 aromatic rings. The minimum Gasteiger partial charge on any atom is -0.0683 e. The van der Waals surface area contributed by atoms with Crippen molar-refractivity contribution < 1.29 is 0 Å². The molecule has 0 N–H and O–H groups in total. The van der Waals surface area contributed by atoms with E-state index < -0.39 is 0 Å². The third-order valence-electron chi connectivity index (χ3n) is 1.71. The minimum absolute atomic E-state index is 0.537. The maximum Gasteiger partial charge on any atom is -0.0383 e. The molecule has 0 amide bonds. The lowest BCUT2D eigenvalue weighted by Crippen LogP contribution is -2.04. The topological polar surface area (TPSA) is 0 Å². The van der Waals surface area contributed by atoms with E-state index in [0.29, 0.717) is 5.41 Å². The second-order valence-electron chi connectivity index (χ2n) is 5.55. The fourth-order valence-electron chi connectivity index (χ4n) is 1.04. The smallest absolute Gasteiger partial charge is 0.0383 e. The SMILES string of the molecule is CC.CC(C)CCCC(C)(C)C.CCC. The zero-order chi connectivity index (χ0) is 12.9. The summed E-state index contributed by atoms with van der Waals surface area (Å²) in [6, 6.07) is 0. The third kappa shape index (κ3) is 41.1. The molecule has 0 atom stereocenters. The van der Waals surface area contributed by atoms with Gasteiger partial charge in [-0.3, -0.25) is 0 Å². The van der Waals surface area contributed by atoms with Crippen LogP contribution in [0.25, 0.3) is 0 Å². The molecule has 0 bridgehead atoms. The van der Waals surface area contributed by atoms with E-state index in [1.807, 2.05) is 13.8 Å². The lowest BCUT2D eigenvalue weighted by atomic mass is 9.88. The zero-order valence-electron chi connectivity index (χ0n) is 12.9. The molecule has 0 heteroatoms. The number of hydrogen-bond acceptors (Lipinski definition) is 0. The Hall–Kier alpha value is 0. The minimum atomic E-state index is 0.537. The van der Waals surface area contributed by atoms with Gasteiger partial charge < -0.3 is 0 Å². The highest BCUT2D eigenvalue weighted by Crippen LogP contribution is 2.22. The third-order valence-corrected chi connectivity index (χ3v) is 1.71. The molecule has 0 rings (SSSR count). The second-order valence-corrected chi connectivity index (χ2v) is 5.55. The van der Waals surface area contributed by atoms with E-state index in [4.69, 9.17) is 0 Å². The van der Waals surface area contributed by atoms with Crippen LogP contribution in [0.3, 0.4) is 0 Å². The summed E-state index contributed by atoms with van der Waals surface area (Å²) in [5.74, 6) is 0.877. The van der Waals surface area contributed by atoms with Crippen molar-refractivity contribution in [3.05, 3.63) is 0 Å². The van der Waals surface area contributed by atoms with Gasteiger partial charge in [-0.05, 0) is 17.8 Å². The van der Waals surface area contributed by atoms with Crippen LogP contribution in [0, 0.1) is 11.3 Å². The van der Waals surface area contributed by atoms with Crippen molar-refractivity contribution in [2.45, 2.75) is 88.0 Å². The Morgan fingerprint density at radius 3 is 1.47 bits per heavy atom. The van der Waals surface area contributed by atoms with Crippen LogP contribution in [-0.4, -0.2) is 0 Å². The van der Waals surface area contributed by atoms with Crippen LogP contribution in [0.2, 0.25) is 0 Å². The van der Waals surface area contributed by atoms with Crippen molar-refractivity contribution in [3.63, 3.8) is 0 Å². The zero-order valence-corrected chi connectivity index (χ0v) is 12.9. The first-order chi connectivity index (χ1) is 6.83. The Kier molecular flexibility index (Phi) is 19.1. The first kappa shape index (κ1) is 20.4. The van der Waals surface area contributed by atoms with Crippen molar-refractivity contribution in [2.75, 3.05) is 0 Å². The van der Waals surface area contributed by atoms with Crippen LogP contribution in [0.5, 0.6) is 0 Å². The van der Waals surface area contributed by atoms with Gasteiger partial charge in [-0.1, -0.05) is 81.6 Å². The molecule has 0 aliphatic rings. The summed E-state index contributed by atoms with van der Waals surface area (Å²) in [7, 11) is 0. The molecule has 0 unspecified atom stereocenters. The average molecular weight is 216 g/mol. The van der Waals surface area contributed by atoms with Gasteiger partial charge in [0.1, 0.15) is 0 Å². The molecule has 0 heterocycles. The van der Waals surface area contributed by atoms with Gasteiger partial charge in [-0.2, -0.15) is 0 Å². The van der Waals surface area contributed by atoms with E-state index in [-0.39, 0.29) is 0 Å². The van der Waals surface area contributed by atoms with Crippen molar-refractivity contribution in [1.82, 2.24) is 0 Å². The monoisotopic (exact) mass is 216 g/mol. The predicted octanol–water partition coefficient (Wildman–Crippen LogP) is 6.30. The van der Waals surface area contributed by atoms with Gasteiger partial charge in [0, 0.05) is 0 Å². The normalized spacial score (nSPS) is 10.0. The molecule has 0 aliphatic carbocycles. The molecule has 0 saturated carbocycles. The van der Waals surface area contributed by atoms with E-state index in [9.17, 15) is 0 Å². The summed E-state index contributed by atoms with van der Waals surface area (Å²) in [4.78, 5) is 0. The van der Waals surface area contributed by atoms with E-state index in [1.54, 1.807) is 0 Å². The molecule has 0 saturated heterocycles. The number of hydrogen-bond donors (Lipinski definition) is 0. The van der Waals surface area contributed by atoms with Gasteiger partial charge >= 0.3 is 0 Å². The summed E-state index contributed by atoms with van der Waals surface area (Å²) >= 11 is 0. The Labute approximate surface area is 99.9 Å². The molecule has 0 spiro atoms. The summed E-state index contributed by atoms with van der Waals surface area (Å²) in [6.07, 6.45) is 5.39. The fourth-order valence-corrected chi connectivity index (χ4v) is 1.04. The van der Waals surface area contributed by atoms with Crippen LogP contribution in [0.1, 0.15) is 88.0 Å². The molecule has 0 fully saturated rings. The average Bonchev–Trinajstić information content (AvgIpc) is 2.06. The van der Waals surface area contributed by atoms with Crippen LogP contribution in [-0.2, 0) is 0 Å². The molecule has 0 aromatic carbocycles. The van der Waals surface area contributed by atoms with Crippen LogP contribution < -0.4 is 0 Å². The van der Waals surface area contributed by atoms with E-state index in [1.165, 1.54) is 25.7 Å². The molecule has 0 nitrogen and oxygen atoms in total. The van der Waals surface area contributed by atoms with Crippen molar-refractivity contribution in [3.8, 4) is 0 Å². The van der Waals surface area contributed by atoms with Gasteiger partial charge in [0.05, 0.1) is 0 Å².